The second-order valence-electron chi connectivity index (χ2n) is 4.99. The molecular weight excluding hydrogens is 250 g/mol. The fourth-order valence-corrected chi connectivity index (χ4v) is 2.61. The lowest BCUT2D eigenvalue weighted by atomic mass is 10.3. The first kappa shape index (κ1) is 12.5. The van der Waals surface area contributed by atoms with Gasteiger partial charge in [0.15, 0.2) is 0 Å². The fourth-order valence-electron chi connectivity index (χ4n) is 2.61. The zero-order valence-electron chi connectivity index (χ0n) is 11.9. The normalized spacial score (nSPS) is 10.9. The number of aryl methyl sites for hydroxylation is 3. The summed E-state index contributed by atoms with van der Waals surface area (Å²) in [4.78, 5) is 12.7. The summed E-state index contributed by atoms with van der Waals surface area (Å²) in [5, 5.41) is 0. The number of aromatic nitrogens is 3. The average molecular weight is 267 g/mol. The molecule has 4 heteroatoms. The summed E-state index contributed by atoms with van der Waals surface area (Å²) in [6.45, 7) is 4.01. The number of rotatable bonds is 2. The van der Waals surface area contributed by atoms with Crippen molar-refractivity contribution in [3.8, 4) is 11.4 Å². The van der Waals surface area contributed by atoms with Crippen LogP contribution in [0.4, 0.5) is 0 Å². The van der Waals surface area contributed by atoms with Crippen LogP contribution in [-0.4, -0.2) is 13.9 Å². The number of hydrogen-bond acceptors (Lipinski definition) is 1. The summed E-state index contributed by atoms with van der Waals surface area (Å²) in [6, 6.07) is 13.7. The average Bonchev–Trinajstić information content (AvgIpc) is 2.91. The topological polar surface area (TPSA) is 31.9 Å². The van der Waals surface area contributed by atoms with Gasteiger partial charge in [0.2, 0.25) is 0 Å². The Balaban J connectivity index is 2.26. The molecular formula is C16H17N3O. The lowest BCUT2D eigenvalue weighted by Crippen LogP contribution is -2.21. The molecule has 0 amide bonds. The Hall–Kier alpha value is -2.49. The second-order valence-corrected chi connectivity index (χ2v) is 4.99. The van der Waals surface area contributed by atoms with Crippen LogP contribution in [0, 0.1) is 13.8 Å². The molecule has 2 heterocycles. The molecule has 0 radical (unpaired) electrons. The van der Waals surface area contributed by atoms with E-state index in [1.165, 1.54) is 0 Å². The molecule has 0 saturated carbocycles. The summed E-state index contributed by atoms with van der Waals surface area (Å²) >= 11 is 0. The Morgan fingerprint density at radius 2 is 1.50 bits per heavy atom. The van der Waals surface area contributed by atoms with E-state index < -0.39 is 0 Å². The van der Waals surface area contributed by atoms with Gasteiger partial charge in [-0.05, 0) is 38.1 Å². The summed E-state index contributed by atoms with van der Waals surface area (Å²) in [6.07, 6.45) is 1.87. The highest BCUT2D eigenvalue weighted by Crippen LogP contribution is 2.14. The molecule has 4 nitrogen and oxygen atoms in total. The van der Waals surface area contributed by atoms with Gasteiger partial charge in [-0.2, -0.15) is 0 Å². The molecule has 0 atom stereocenters. The van der Waals surface area contributed by atoms with E-state index in [9.17, 15) is 4.79 Å². The second kappa shape index (κ2) is 4.56. The Morgan fingerprint density at radius 1 is 0.900 bits per heavy atom. The molecule has 102 valence electrons. The van der Waals surface area contributed by atoms with Crippen LogP contribution in [0.25, 0.3) is 11.4 Å². The van der Waals surface area contributed by atoms with Crippen molar-refractivity contribution in [1.29, 1.82) is 0 Å². The zero-order chi connectivity index (χ0) is 14.3. The van der Waals surface area contributed by atoms with Crippen molar-refractivity contribution in [3.63, 3.8) is 0 Å². The van der Waals surface area contributed by atoms with Crippen molar-refractivity contribution in [2.24, 2.45) is 7.05 Å². The standard InChI is InChI=1S/C16H17N3O/c1-12-9-10-13(2)18(12)15-11-17(3)19(16(15)20)14-7-5-4-6-8-14/h4-11H,1-3H3. The minimum absolute atomic E-state index is 0.0129. The molecule has 0 N–H and O–H groups in total. The van der Waals surface area contributed by atoms with Crippen molar-refractivity contribution in [2.45, 2.75) is 13.8 Å². The zero-order valence-corrected chi connectivity index (χ0v) is 11.9. The van der Waals surface area contributed by atoms with Crippen LogP contribution in [0.3, 0.4) is 0 Å². The molecule has 0 bridgehead atoms. The van der Waals surface area contributed by atoms with E-state index in [2.05, 4.69) is 0 Å². The number of hydrogen-bond donors (Lipinski definition) is 0. The van der Waals surface area contributed by atoms with Gasteiger partial charge in [0.25, 0.3) is 5.56 Å². The molecule has 3 rings (SSSR count). The van der Waals surface area contributed by atoms with Crippen LogP contribution in [0.1, 0.15) is 11.4 Å². The van der Waals surface area contributed by atoms with E-state index in [4.69, 9.17) is 0 Å². The highest BCUT2D eigenvalue weighted by Gasteiger charge is 2.14. The van der Waals surface area contributed by atoms with Gasteiger partial charge in [-0.15, -0.1) is 0 Å². The van der Waals surface area contributed by atoms with E-state index in [1.807, 2.05) is 78.8 Å². The van der Waals surface area contributed by atoms with Gasteiger partial charge < -0.3 is 4.57 Å². The van der Waals surface area contributed by atoms with Gasteiger partial charge in [-0.3, -0.25) is 9.48 Å². The lowest BCUT2D eigenvalue weighted by molar-refractivity contribution is 0.646. The van der Waals surface area contributed by atoms with Crippen LogP contribution < -0.4 is 5.56 Å². The SMILES string of the molecule is Cc1ccc(C)n1-c1cn(C)n(-c2ccccc2)c1=O. The molecule has 0 saturated heterocycles. The molecule has 0 aliphatic heterocycles. The van der Waals surface area contributed by atoms with Crippen LogP contribution in [0.15, 0.2) is 53.5 Å². The van der Waals surface area contributed by atoms with Gasteiger partial charge in [0.1, 0.15) is 5.69 Å². The third kappa shape index (κ3) is 1.81. The van der Waals surface area contributed by atoms with Crippen molar-refractivity contribution >= 4 is 0 Å². The third-order valence-corrected chi connectivity index (χ3v) is 3.55. The van der Waals surface area contributed by atoms with Crippen LogP contribution in [0.2, 0.25) is 0 Å². The van der Waals surface area contributed by atoms with Gasteiger partial charge >= 0.3 is 0 Å². The molecule has 0 aliphatic rings. The van der Waals surface area contributed by atoms with E-state index in [1.54, 1.807) is 4.68 Å². The Bertz CT molecular complexity index is 787. The van der Waals surface area contributed by atoms with Gasteiger partial charge in [-0.1, -0.05) is 18.2 Å². The minimum Gasteiger partial charge on any atom is -0.312 e. The van der Waals surface area contributed by atoms with Gasteiger partial charge in [0.05, 0.1) is 11.9 Å². The summed E-state index contributed by atoms with van der Waals surface area (Å²) in [5.74, 6) is 0. The van der Waals surface area contributed by atoms with E-state index >= 15 is 0 Å². The highest BCUT2D eigenvalue weighted by atomic mass is 16.1. The van der Waals surface area contributed by atoms with Gasteiger partial charge in [-0.25, -0.2) is 4.68 Å². The first-order chi connectivity index (χ1) is 9.59. The summed E-state index contributed by atoms with van der Waals surface area (Å²) in [7, 11) is 1.88. The van der Waals surface area contributed by atoms with Crippen molar-refractivity contribution in [1.82, 2.24) is 13.9 Å². The predicted molar refractivity (Wildman–Crippen MR) is 79.8 cm³/mol. The first-order valence-corrected chi connectivity index (χ1v) is 6.59. The Kier molecular flexibility index (Phi) is 2.86. The smallest absolute Gasteiger partial charge is 0.295 e. The van der Waals surface area contributed by atoms with E-state index in [0.717, 1.165) is 17.1 Å². The molecule has 0 fully saturated rings. The number of nitrogens with zero attached hydrogens (tertiary/aromatic N) is 3. The third-order valence-electron chi connectivity index (χ3n) is 3.55. The molecule has 1 aromatic carbocycles. The molecule has 3 aromatic rings. The lowest BCUT2D eigenvalue weighted by Gasteiger charge is -2.05. The Morgan fingerprint density at radius 3 is 2.10 bits per heavy atom. The van der Waals surface area contributed by atoms with Crippen LogP contribution >= 0.6 is 0 Å². The fraction of sp³-hybridized carbons (Fsp3) is 0.188. The number of para-hydroxylation sites is 1. The molecule has 20 heavy (non-hydrogen) atoms. The van der Waals surface area contributed by atoms with Crippen molar-refractivity contribution < 1.29 is 0 Å². The Labute approximate surface area is 117 Å². The maximum atomic E-state index is 12.7. The maximum absolute atomic E-state index is 12.7. The largest absolute Gasteiger partial charge is 0.312 e. The number of benzene rings is 1. The first-order valence-electron chi connectivity index (χ1n) is 6.59. The maximum Gasteiger partial charge on any atom is 0.295 e. The monoisotopic (exact) mass is 267 g/mol. The molecule has 0 spiro atoms. The highest BCUT2D eigenvalue weighted by molar-refractivity contribution is 5.39. The molecule has 0 unspecified atom stereocenters. The van der Waals surface area contributed by atoms with Crippen molar-refractivity contribution in [2.75, 3.05) is 0 Å². The van der Waals surface area contributed by atoms with Crippen LogP contribution in [0.5, 0.6) is 0 Å². The summed E-state index contributed by atoms with van der Waals surface area (Å²) < 4.78 is 5.49. The predicted octanol–water partition coefficient (Wildman–Crippen LogP) is 2.58. The van der Waals surface area contributed by atoms with E-state index in [0.29, 0.717) is 5.69 Å². The minimum atomic E-state index is -0.0129. The quantitative estimate of drug-likeness (QED) is 0.702. The summed E-state index contributed by atoms with van der Waals surface area (Å²) in [5.41, 5.74) is 3.65. The molecule has 0 aliphatic carbocycles. The van der Waals surface area contributed by atoms with Crippen molar-refractivity contribution in [3.05, 3.63) is 70.4 Å². The van der Waals surface area contributed by atoms with E-state index in [-0.39, 0.29) is 5.56 Å². The van der Waals surface area contributed by atoms with Gasteiger partial charge in [0, 0.05) is 18.4 Å². The molecule has 2 aromatic heterocycles. The van der Waals surface area contributed by atoms with Crippen LogP contribution in [-0.2, 0) is 7.05 Å².